The molecule has 1 saturated heterocycles. The molecule has 1 rings (SSSR count). The van der Waals surface area contributed by atoms with Crippen LogP contribution < -0.4 is 0 Å². The molecule has 1 aliphatic heterocycles. The number of hydrogen-bond acceptors (Lipinski definition) is 3. The Bertz CT molecular complexity index is 207. The van der Waals surface area contributed by atoms with Crippen molar-refractivity contribution >= 4 is 11.8 Å². The lowest BCUT2D eigenvalue weighted by molar-refractivity contribution is -0.151. The molecular weight excluding hydrogens is 170 g/mol. The van der Waals surface area contributed by atoms with E-state index in [1.54, 1.807) is 6.92 Å². The van der Waals surface area contributed by atoms with Crippen LogP contribution in [0.5, 0.6) is 0 Å². The minimum absolute atomic E-state index is 0.129. The van der Waals surface area contributed by atoms with Gasteiger partial charge < -0.3 is 5.11 Å². The molecule has 0 spiro atoms. The van der Waals surface area contributed by atoms with Gasteiger partial charge in [-0.2, -0.15) is 0 Å². The molecule has 0 saturated carbocycles. The number of carbonyl (C=O) groups is 2. The summed E-state index contributed by atoms with van der Waals surface area (Å²) < 4.78 is 0. The van der Waals surface area contributed by atoms with Crippen LogP contribution in [0, 0.1) is 5.92 Å². The highest BCUT2D eigenvalue weighted by molar-refractivity contribution is 5.97. The Labute approximate surface area is 77.5 Å². The lowest BCUT2D eigenvalue weighted by atomic mass is 9.97. The molecule has 0 aromatic carbocycles. The number of carbonyl (C=O) groups excluding carboxylic acids is 2. The summed E-state index contributed by atoms with van der Waals surface area (Å²) in [7, 11) is 0. The first-order valence-corrected chi connectivity index (χ1v) is 4.52. The number of piperidine rings is 1. The van der Waals surface area contributed by atoms with Crippen molar-refractivity contribution in [2.45, 2.75) is 32.8 Å². The third-order valence-corrected chi connectivity index (χ3v) is 2.10. The van der Waals surface area contributed by atoms with Gasteiger partial charge in [-0.05, 0) is 12.8 Å². The van der Waals surface area contributed by atoms with Crippen LogP contribution in [0.25, 0.3) is 0 Å². The number of amides is 2. The molecule has 4 heteroatoms. The Morgan fingerprint density at radius 1 is 1.46 bits per heavy atom. The van der Waals surface area contributed by atoms with Crippen LogP contribution in [0.4, 0.5) is 0 Å². The number of aliphatic hydroxyl groups excluding tert-OH is 1. The Balaban J connectivity index is 2.62. The van der Waals surface area contributed by atoms with Crippen molar-refractivity contribution in [2.75, 3.05) is 6.54 Å². The third-order valence-electron chi connectivity index (χ3n) is 2.10. The van der Waals surface area contributed by atoms with E-state index in [4.69, 9.17) is 5.11 Å². The molecule has 1 N–H and O–H groups in total. The molecule has 2 amide bonds. The number of β-amino-alcohol motifs (C(OH)–C–C–N with tert-alkyl or cyclic N) is 1. The zero-order valence-electron chi connectivity index (χ0n) is 7.99. The number of aliphatic hydroxyl groups is 1. The summed E-state index contributed by atoms with van der Waals surface area (Å²) in [5, 5.41) is 9.06. The van der Waals surface area contributed by atoms with Crippen LogP contribution in [0.1, 0.15) is 26.7 Å². The van der Waals surface area contributed by atoms with E-state index in [0.29, 0.717) is 12.8 Å². The number of imide groups is 1. The quantitative estimate of drug-likeness (QED) is 0.623. The summed E-state index contributed by atoms with van der Waals surface area (Å²) >= 11 is 0. The Morgan fingerprint density at radius 2 is 1.92 bits per heavy atom. The number of hydrogen-bond donors (Lipinski definition) is 1. The summed E-state index contributed by atoms with van der Waals surface area (Å²) in [4.78, 5) is 23.8. The van der Waals surface area contributed by atoms with Crippen molar-refractivity contribution in [3.05, 3.63) is 0 Å². The van der Waals surface area contributed by atoms with E-state index >= 15 is 0 Å². The first kappa shape index (κ1) is 10.2. The van der Waals surface area contributed by atoms with Gasteiger partial charge in [-0.3, -0.25) is 14.5 Å². The SMILES string of the molecule is CC1CC(=O)N(C[C@@H](C)O)C(=O)C1. The maximum absolute atomic E-state index is 11.3. The van der Waals surface area contributed by atoms with Crippen LogP contribution in [0.15, 0.2) is 0 Å². The summed E-state index contributed by atoms with van der Waals surface area (Å²) in [6.45, 7) is 3.58. The van der Waals surface area contributed by atoms with Crippen LogP contribution in [0.3, 0.4) is 0 Å². The molecule has 0 bridgehead atoms. The number of nitrogens with zero attached hydrogens (tertiary/aromatic N) is 1. The molecule has 0 aliphatic carbocycles. The highest BCUT2D eigenvalue weighted by Gasteiger charge is 2.30. The lowest BCUT2D eigenvalue weighted by Gasteiger charge is -2.28. The first-order valence-electron chi connectivity index (χ1n) is 4.52. The summed E-state index contributed by atoms with van der Waals surface area (Å²) in [5.74, 6) is -0.181. The maximum atomic E-state index is 11.3. The van der Waals surface area contributed by atoms with E-state index in [1.165, 1.54) is 0 Å². The Morgan fingerprint density at radius 3 is 2.31 bits per heavy atom. The minimum Gasteiger partial charge on any atom is -0.392 e. The molecule has 13 heavy (non-hydrogen) atoms. The zero-order chi connectivity index (χ0) is 10.0. The summed E-state index contributed by atoms with van der Waals surface area (Å²) in [6, 6.07) is 0. The maximum Gasteiger partial charge on any atom is 0.229 e. The second-order valence-electron chi connectivity index (χ2n) is 3.76. The van der Waals surface area contributed by atoms with Gasteiger partial charge in [0, 0.05) is 12.8 Å². The van der Waals surface area contributed by atoms with Gasteiger partial charge in [0.1, 0.15) is 0 Å². The molecule has 1 aliphatic rings. The second kappa shape index (κ2) is 3.87. The van der Waals surface area contributed by atoms with E-state index in [9.17, 15) is 9.59 Å². The van der Waals surface area contributed by atoms with Crippen molar-refractivity contribution in [3.8, 4) is 0 Å². The summed E-state index contributed by atoms with van der Waals surface area (Å²) in [5.41, 5.74) is 0. The van der Waals surface area contributed by atoms with Crippen molar-refractivity contribution in [1.82, 2.24) is 4.90 Å². The normalized spacial score (nSPS) is 22.2. The van der Waals surface area contributed by atoms with Crippen molar-refractivity contribution in [3.63, 3.8) is 0 Å². The van der Waals surface area contributed by atoms with Gasteiger partial charge in [-0.25, -0.2) is 0 Å². The monoisotopic (exact) mass is 185 g/mol. The van der Waals surface area contributed by atoms with Crippen LogP contribution in [-0.4, -0.2) is 34.5 Å². The van der Waals surface area contributed by atoms with Crippen LogP contribution in [-0.2, 0) is 9.59 Å². The van der Waals surface area contributed by atoms with Crippen molar-refractivity contribution < 1.29 is 14.7 Å². The third kappa shape index (κ3) is 2.52. The zero-order valence-corrected chi connectivity index (χ0v) is 7.99. The van der Waals surface area contributed by atoms with Gasteiger partial charge >= 0.3 is 0 Å². The van der Waals surface area contributed by atoms with Gasteiger partial charge in [0.25, 0.3) is 0 Å². The molecule has 0 aromatic rings. The molecule has 1 heterocycles. The average Bonchev–Trinajstić information content (AvgIpc) is 1.96. The molecule has 0 radical (unpaired) electrons. The second-order valence-corrected chi connectivity index (χ2v) is 3.76. The smallest absolute Gasteiger partial charge is 0.229 e. The van der Waals surface area contributed by atoms with Gasteiger partial charge in [-0.1, -0.05) is 6.92 Å². The van der Waals surface area contributed by atoms with E-state index in [1.807, 2.05) is 6.92 Å². The van der Waals surface area contributed by atoms with Crippen LogP contribution in [0.2, 0.25) is 0 Å². The lowest BCUT2D eigenvalue weighted by Crippen LogP contribution is -2.45. The predicted octanol–water partition coefficient (Wildman–Crippen LogP) is 0.152. The molecule has 0 aromatic heterocycles. The fourth-order valence-electron chi connectivity index (χ4n) is 1.50. The molecule has 4 nitrogen and oxygen atoms in total. The highest BCUT2D eigenvalue weighted by atomic mass is 16.3. The van der Waals surface area contributed by atoms with Gasteiger partial charge in [0.15, 0.2) is 0 Å². The molecule has 74 valence electrons. The minimum atomic E-state index is -0.638. The molecule has 1 fully saturated rings. The van der Waals surface area contributed by atoms with Gasteiger partial charge in [0.05, 0.1) is 12.6 Å². The first-order chi connectivity index (χ1) is 6.00. The molecular formula is C9H15NO3. The average molecular weight is 185 g/mol. The van der Waals surface area contributed by atoms with E-state index in [0.717, 1.165) is 4.90 Å². The summed E-state index contributed by atoms with van der Waals surface area (Å²) in [6.07, 6.45) is 0.193. The Kier molecular flexibility index (Phi) is 3.03. The van der Waals surface area contributed by atoms with E-state index in [2.05, 4.69) is 0 Å². The standard InChI is InChI=1S/C9H15NO3/c1-6-3-8(12)10(5-7(2)11)9(13)4-6/h6-7,11H,3-5H2,1-2H3/t7-/m1/s1. The number of rotatable bonds is 2. The predicted molar refractivity (Wildman–Crippen MR) is 46.8 cm³/mol. The topological polar surface area (TPSA) is 57.6 Å². The van der Waals surface area contributed by atoms with Gasteiger partial charge in [-0.15, -0.1) is 0 Å². The van der Waals surface area contributed by atoms with Crippen LogP contribution >= 0.6 is 0 Å². The number of likely N-dealkylation sites (tertiary alicyclic amines) is 1. The fourth-order valence-corrected chi connectivity index (χ4v) is 1.50. The van der Waals surface area contributed by atoms with E-state index in [-0.39, 0.29) is 24.3 Å². The highest BCUT2D eigenvalue weighted by Crippen LogP contribution is 2.18. The van der Waals surface area contributed by atoms with Gasteiger partial charge in [0.2, 0.25) is 11.8 Å². The van der Waals surface area contributed by atoms with E-state index < -0.39 is 6.10 Å². The molecule has 1 atom stereocenters. The largest absolute Gasteiger partial charge is 0.392 e. The molecule has 0 unspecified atom stereocenters. The van der Waals surface area contributed by atoms with Crippen molar-refractivity contribution in [2.24, 2.45) is 5.92 Å². The Hall–Kier alpha value is -0.900. The fraction of sp³-hybridized carbons (Fsp3) is 0.778. The van der Waals surface area contributed by atoms with Crippen molar-refractivity contribution in [1.29, 1.82) is 0 Å².